The molecule has 0 bridgehead atoms. The number of rotatable bonds is 1. The van der Waals surface area contributed by atoms with Gasteiger partial charge in [-0.25, -0.2) is 8.42 Å². The van der Waals surface area contributed by atoms with Crippen LogP contribution in [0, 0.1) is 0 Å². The minimum Gasteiger partial charge on any atom is -0.288 e. The number of alkyl halides is 1. The summed E-state index contributed by atoms with van der Waals surface area (Å²) in [5.74, 6) is -0.274. The summed E-state index contributed by atoms with van der Waals surface area (Å²) in [7, 11) is -3.73. The van der Waals surface area contributed by atoms with Gasteiger partial charge in [0, 0.05) is 15.6 Å². The minimum absolute atomic E-state index is 0.0490. The Morgan fingerprint density at radius 3 is 2.55 bits per heavy atom. The van der Waals surface area contributed by atoms with Crippen molar-refractivity contribution in [3.8, 4) is 0 Å². The average molecular weight is 399 g/mol. The summed E-state index contributed by atoms with van der Waals surface area (Å²) in [5, 5.41) is 0. The first-order chi connectivity index (χ1) is 9.53. The molecular formula is C14H10INO3S. The predicted octanol–water partition coefficient (Wildman–Crippen LogP) is 2.97. The second-order valence-electron chi connectivity index (χ2n) is 4.44. The van der Waals surface area contributed by atoms with Crippen LogP contribution in [0.1, 0.15) is 21.5 Å². The molecule has 0 spiro atoms. The van der Waals surface area contributed by atoms with Crippen molar-refractivity contribution in [1.82, 2.24) is 0 Å². The van der Waals surface area contributed by atoms with Crippen molar-refractivity contribution >= 4 is 44.1 Å². The fraction of sp³-hybridized carbons (Fsp3) is 0.0714. The molecule has 0 saturated heterocycles. The van der Waals surface area contributed by atoms with E-state index in [9.17, 15) is 13.2 Å². The Morgan fingerprint density at radius 1 is 1.05 bits per heavy atom. The average Bonchev–Trinajstić information content (AvgIpc) is 2.53. The van der Waals surface area contributed by atoms with Gasteiger partial charge < -0.3 is 0 Å². The quantitative estimate of drug-likeness (QED) is 0.593. The highest BCUT2D eigenvalue weighted by Gasteiger charge is 2.29. The Labute approximate surface area is 130 Å². The minimum atomic E-state index is -3.73. The van der Waals surface area contributed by atoms with Gasteiger partial charge in [-0.2, -0.15) is 0 Å². The van der Waals surface area contributed by atoms with Gasteiger partial charge >= 0.3 is 0 Å². The molecule has 102 valence electrons. The molecule has 1 aliphatic rings. The summed E-state index contributed by atoms with van der Waals surface area (Å²) in [6.07, 6.45) is 0. The lowest BCUT2D eigenvalue weighted by Gasteiger charge is -2.07. The lowest BCUT2D eigenvalue weighted by Crippen LogP contribution is -2.13. The van der Waals surface area contributed by atoms with Gasteiger partial charge in [-0.15, -0.1) is 0 Å². The zero-order valence-corrected chi connectivity index (χ0v) is 13.2. The molecule has 0 radical (unpaired) electrons. The number of anilines is 1. The van der Waals surface area contributed by atoms with E-state index in [0.29, 0.717) is 15.7 Å². The number of hydrogen-bond acceptors (Lipinski definition) is 3. The van der Waals surface area contributed by atoms with Crippen molar-refractivity contribution in [3.05, 3.63) is 59.2 Å². The van der Waals surface area contributed by atoms with Crippen LogP contribution < -0.4 is 4.72 Å². The molecule has 0 fully saturated rings. The topological polar surface area (TPSA) is 63.2 Å². The number of sulfonamides is 1. The van der Waals surface area contributed by atoms with E-state index in [1.54, 1.807) is 42.5 Å². The molecule has 6 heteroatoms. The first-order valence-corrected chi connectivity index (χ1v) is 8.89. The molecule has 20 heavy (non-hydrogen) atoms. The van der Waals surface area contributed by atoms with Crippen LogP contribution in [0.3, 0.4) is 0 Å². The summed E-state index contributed by atoms with van der Waals surface area (Å²) in [4.78, 5) is 12.6. The molecule has 0 aromatic heterocycles. The third-order valence-corrected chi connectivity index (χ3v) is 5.44. The van der Waals surface area contributed by atoms with Gasteiger partial charge in [-0.1, -0.05) is 40.8 Å². The lowest BCUT2D eigenvalue weighted by atomic mass is 10.0. The molecule has 1 aliphatic heterocycles. The molecule has 2 aromatic rings. The largest absolute Gasteiger partial charge is 0.288 e. The van der Waals surface area contributed by atoms with Crippen LogP contribution in [0.4, 0.5) is 5.69 Å². The van der Waals surface area contributed by atoms with Gasteiger partial charge in [0.2, 0.25) is 0 Å². The van der Waals surface area contributed by atoms with Gasteiger partial charge in [0.25, 0.3) is 10.0 Å². The predicted molar refractivity (Wildman–Crippen MR) is 84.8 cm³/mol. The van der Waals surface area contributed by atoms with Crippen LogP contribution in [0.5, 0.6) is 0 Å². The van der Waals surface area contributed by atoms with E-state index in [1.807, 2.05) is 0 Å². The van der Waals surface area contributed by atoms with Crippen molar-refractivity contribution in [3.63, 3.8) is 0 Å². The van der Waals surface area contributed by atoms with Crippen LogP contribution in [0.25, 0.3) is 0 Å². The first kappa shape index (κ1) is 13.6. The van der Waals surface area contributed by atoms with E-state index in [2.05, 4.69) is 27.3 Å². The Hall–Kier alpha value is -1.41. The second-order valence-corrected chi connectivity index (χ2v) is 6.86. The van der Waals surface area contributed by atoms with Crippen molar-refractivity contribution in [1.29, 1.82) is 0 Å². The normalized spacial score (nSPS) is 15.8. The van der Waals surface area contributed by atoms with Crippen LogP contribution in [0.15, 0.2) is 47.4 Å². The molecular weight excluding hydrogens is 389 g/mol. The first-order valence-electron chi connectivity index (χ1n) is 5.88. The molecule has 0 amide bonds. The molecule has 1 N–H and O–H groups in total. The fourth-order valence-electron chi connectivity index (χ4n) is 2.17. The summed E-state index contributed by atoms with van der Waals surface area (Å²) < 4.78 is 28.0. The van der Waals surface area contributed by atoms with Crippen molar-refractivity contribution in [2.24, 2.45) is 0 Å². The number of carbonyl (C=O) groups excluding carboxylic acids is 1. The summed E-state index contributed by atoms with van der Waals surface area (Å²) in [6.45, 7) is 0. The maximum atomic E-state index is 12.5. The fourth-order valence-corrected chi connectivity index (χ4v) is 3.98. The van der Waals surface area contributed by atoms with Crippen molar-refractivity contribution in [2.75, 3.05) is 4.72 Å². The molecule has 0 unspecified atom stereocenters. The summed E-state index contributed by atoms with van der Waals surface area (Å²) >= 11 is 2.15. The standard InChI is InChI=1S/C14H10INO3S/c15-8-9-5-6-11-13(7-9)20(18,19)16-12-4-2-1-3-10(12)14(11)17/h1-7,16H,8H2. The van der Waals surface area contributed by atoms with Gasteiger partial charge in [0.05, 0.1) is 10.6 Å². The maximum Gasteiger partial charge on any atom is 0.262 e. The third kappa shape index (κ3) is 2.12. The second kappa shape index (κ2) is 4.85. The van der Waals surface area contributed by atoms with E-state index < -0.39 is 10.0 Å². The molecule has 4 nitrogen and oxygen atoms in total. The zero-order chi connectivity index (χ0) is 14.3. The number of hydrogen-bond donors (Lipinski definition) is 1. The van der Waals surface area contributed by atoms with Crippen LogP contribution in [0.2, 0.25) is 0 Å². The Kier molecular flexibility index (Phi) is 3.29. The number of halogens is 1. The number of ketones is 1. The zero-order valence-electron chi connectivity index (χ0n) is 10.3. The summed E-state index contributed by atoms with van der Waals surface area (Å²) in [5.41, 5.74) is 1.78. The number of para-hydroxylation sites is 1. The van der Waals surface area contributed by atoms with Crippen LogP contribution in [-0.2, 0) is 14.5 Å². The highest BCUT2D eigenvalue weighted by molar-refractivity contribution is 14.1. The van der Waals surface area contributed by atoms with Gasteiger partial charge in [0.1, 0.15) is 0 Å². The summed E-state index contributed by atoms with van der Waals surface area (Å²) in [6, 6.07) is 11.6. The van der Waals surface area contributed by atoms with E-state index in [-0.39, 0.29) is 16.2 Å². The molecule has 0 atom stereocenters. The van der Waals surface area contributed by atoms with E-state index in [4.69, 9.17) is 0 Å². The SMILES string of the molecule is O=C1c2ccccc2NS(=O)(=O)c2cc(CI)ccc21. The lowest BCUT2D eigenvalue weighted by molar-refractivity contribution is 0.103. The van der Waals surface area contributed by atoms with Crippen molar-refractivity contribution in [2.45, 2.75) is 9.32 Å². The van der Waals surface area contributed by atoms with E-state index in [1.165, 1.54) is 0 Å². The Bertz CT molecular complexity index is 815. The molecule has 3 rings (SSSR count). The molecule has 0 saturated carbocycles. The Morgan fingerprint density at radius 2 is 1.80 bits per heavy atom. The number of fused-ring (bicyclic) bond motifs is 2. The van der Waals surface area contributed by atoms with Crippen LogP contribution in [-0.4, -0.2) is 14.2 Å². The van der Waals surface area contributed by atoms with E-state index in [0.717, 1.165) is 5.56 Å². The smallest absolute Gasteiger partial charge is 0.262 e. The number of benzene rings is 2. The maximum absolute atomic E-state index is 12.5. The van der Waals surface area contributed by atoms with E-state index >= 15 is 0 Å². The number of nitrogens with one attached hydrogen (secondary N) is 1. The van der Waals surface area contributed by atoms with Gasteiger partial charge in [-0.05, 0) is 29.8 Å². The van der Waals surface area contributed by atoms with Gasteiger partial charge in [-0.3, -0.25) is 9.52 Å². The monoisotopic (exact) mass is 399 g/mol. The molecule has 2 aromatic carbocycles. The van der Waals surface area contributed by atoms with Crippen molar-refractivity contribution < 1.29 is 13.2 Å². The number of carbonyl (C=O) groups is 1. The third-order valence-electron chi connectivity index (χ3n) is 3.15. The van der Waals surface area contributed by atoms with Crippen LogP contribution >= 0.6 is 22.6 Å². The Balaban J connectivity index is 2.33. The highest BCUT2D eigenvalue weighted by Crippen LogP contribution is 2.31. The highest BCUT2D eigenvalue weighted by atomic mass is 127. The molecule has 1 heterocycles. The molecule has 0 aliphatic carbocycles. The van der Waals surface area contributed by atoms with Gasteiger partial charge in [0.15, 0.2) is 5.78 Å².